The van der Waals surface area contributed by atoms with Gasteiger partial charge in [0, 0.05) is 45.1 Å². The molecule has 8 heteroatoms. The Morgan fingerprint density at radius 2 is 1.85 bits per heavy atom. The Kier molecular flexibility index (Phi) is 5.29. The second-order valence-corrected chi connectivity index (χ2v) is 7.71. The quantitative estimate of drug-likeness (QED) is 0.795. The number of nitrogens with zero attached hydrogens (tertiary/aromatic N) is 5. The van der Waals surface area contributed by atoms with Gasteiger partial charge in [0.1, 0.15) is 17.5 Å². The molecule has 0 saturated carbocycles. The van der Waals surface area contributed by atoms with Crippen molar-refractivity contribution in [1.82, 2.24) is 19.8 Å². The van der Waals surface area contributed by atoms with Crippen molar-refractivity contribution in [2.75, 3.05) is 37.6 Å². The minimum absolute atomic E-state index is 0.0205. The molecule has 2 aliphatic heterocycles. The summed E-state index contributed by atoms with van der Waals surface area (Å²) in [5.74, 6) is 0.850. The van der Waals surface area contributed by atoms with Crippen LogP contribution in [-0.2, 0) is 9.53 Å². The van der Waals surface area contributed by atoms with Crippen molar-refractivity contribution in [1.29, 1.82) is 0 Å². The van der Waals surface area contributed by atoms with Crippen LogP contribution >= 0.6 is 0 Å². The molecular weight excluding hydrogens is 334 g/mol. The molecular formula is C18H27N5O3. The van der Waals surface area contributed by atoms with Gasteiger partial charge < -0.3 is 14.5 Å². The molecule has 2 saturated heterocycles. The summed E-state index contributed by atoms with van der Waals surface area (Å²) >= 11 is 0. The number of amides is 2. The van der Waals surface area contributed by atoms with Crippen molar-refractivity contribution in [2.24, 2.45) is 0 Å². The Labute approximate surface area is 154 Å². The lowest BCUT2D eigenvalue weighted by Gasteiger charge is -2.37. The Morgan fingerprint density at radius 1 is 1.12 bits per heavy atom. The zero-order valence-corrected chi connectivity index (χ0v) is 15.7. The highest BCUT2D eigenvalue weighted by molar-refractivity contribution is 5.86. The second-order valence-electron chi connectivity index (χ2n) is 7.71. The first kappa shape index (κ1) is 18.4. The molecule has 0 unspecified atom stereocenters. The monoisotopic (exact) mass is 361 g/mol. The number of piperazine rings is 1. The van der Waals surface area contributed by atoms with Gasteiger partial charge in [-0.15, -0.1) is 0 Å². The van der Waals surface area contributed by atoms with Gasteiger partial charge in [0.25, 0.3) is 0 Å². The minimum atomic E-state index is -0.560. The fourth-order valence-corrected chi connectivity index (χ4v) is 3.38. The van der Waals surface area contributed by atoms with E-state index in [2.05, 4.69) is 14.9 Å². The van der Waals surface area contributed by atoms with Crippen molar-refractivity contribution in [3.05, 3.63) is 18.6 Å². The minimum Gasteiger partial charge on any atom is -0.444 e. The third-order valence-electron chi connectivity index (χ3n) is 4.63. The maximum Gasteiger partial charge on any atom is 0.410 e. The molecule has 1 aromatic rings. The summed E-state index contributed by atoms with van der Waals surface area (Å²) in [5, 5.41) is 0. The summed E-state index contributed by atoms with van der Waals surface area (Å²) in [5.41, 5.74) is -0.560. The highest BCUT2D eigenvalue weighted by Crippen LogP contribution is 2.23. The largest absolute Gasteiger partial charge is 0.444 e. The van der Waals surface area contributed by atoms with E-state index >= 15 is 0 Å². The van der Waals surface area contributed by atoms with Gasteiger partial charge in [-0.3, -0.25) is 14.7 Å². The number of likely N-dealkylation sites (tertiary alicyclic amines) is 1. The van der Waals surface area contributed by atoms with Crippen LogP contribution in [0.15, 0.2) is 18.6 Å². The van der Waals surface area contributed by atoms with E-state index in [0.29, 0.717) is 39.1 Å². The van der Waals surface area contributed by atoms with Crippen LogP contribution in [0.1, 0.15) is 33.6 Å². The van der Waals surface area contributed by atoms with Crippen molar-refractivity contribution in [3.63, 3.8) is 0 Å². The summed E-state index contributed by atoms with van der Waals surface area (Å²) in [6, 6.07) is -0.409. The van der Waals surface area contributed by atoms with Gasteiger partial charge in [-0.2, -0.15) is 0 Å². The van der Waals surface area contributed by atoms with Gasteiger partial charge in [-0.1, -0.05) is 0 Å². The van der Waals surface area contributed by atoms with Crippen molar-refractivity contribution in [2.45, 2.75) is 45.3 Å². The molecule has 0 aromatic carbocycles. The molecule has 2 aliphatic rings. The number of ether oxygens (including phenoxy) is 1. The highest BCUT2D eigenvalue weighted by Gasteiger charge is 2.39. The summed E-state index contributed by atoms with van der Waals surface area (Å²) < 4.78 is 5.46. The Bertz CT molecular complexity index is 638. The van der Waals surface area contributed by atoms with E-state index in [1.165, 1.54) is 0 Å². The summed E-state index contributed by atoms with van der Waals surface area (Å²) in [6.45, 7) is 8.75. The first-order chi connectivity index (χ1) is 12.3. The van der Waals surface area contributed by atoms with Gasteiger partial charge >= 0.3 is 6.09 Å². The molecule has 142 valence electrons. The average Bonchev–Trinajstić information content (AvgIpc) is 3.10. The Balaban J connectivity index is 1.58. The maximum atomic E-state index is 13.0. The smallest absolute Gasteiger partial charge is 0.410 e. The molecule has 3 rings (SSSR count). The number of hydrogen-bond donors (Lipinski definition) is 0. The predicted molar refractivity (Wildman–Crippen MR) is 96.8 cm³/mol. The van der Waals surface area contributed by atoms with Gasteiger partial charge in [-0.05, 0) is 33.6 Å². The second kappa shape index (κ2) is 7.47. The molecule has 0 aliphatic carbocycles. The van der Waals surface area contributed by atoms with E-state index in [1.807, 2.05) is 25.7 Å². The third kappa shape index (κ3) is 4.23. The molecule has 0 bridgehead atoms. The summed E-state index contributed by atoms with van der Waals surface area (Å²) in [4.78, 5) is 39.3. The van der Waals surface area contributed by atoms with E-state index in [0.717, 1.165) is 12.2 Å². The average molecular weight is 361 g/mol. The molecule has 26 heavy (non-hydrogen) atoms. The summed E-state index contributed by atoms with van der Waals surface area (Å²) in [6.07, 6.45) is 6.18. The number of hydrogen-bond acceptors (Lipinski definition) is 6. The van der Waals surface area contributed by atoms with Crippen molar-refractivity contribution in [3.8, 4) is 0 Å². The van der Waals surface area contributed by atoms with Gasteiger partial charge in [0.2, 0.25) is 5.91 Å². The predicted octanol–water partition coefficient (Wildman–Crippen LogP) is 1.52. The Hall–Kier alpha value is -2.38. The molecule has 0 radical (unpaired) electrons. The SMILES string of the molecule is CC(C)(C)OC(=O)N1CCC[C@H]1C(=O)N1CCN(c2cnccn2)CC1. The molecule has 1 atom stereocenters. The van der Waals surface area contributed by atoms with Crippen LogP contribution in [0.3, 0.4) is 0 Å². The first-order valence-corrected chi connectivity index (χ1v) is 9.14. The molecule has 2 fully saturated rings. The number of rotatable bonds is 2. The molecule has 1 aromatic heterocycles. The summed E-state index contributed by atoms with van der Waals surface area (Å²) in [7, 11) is 0. The lowest BCUT2D eigenvalue weighted by Crippen LogP contribution is -2.55. The fourth-order valence-electron chi connectivity index (χ4n) is 3.38. The molecule has 0 spiro atoms. The lowest BCUT2D eigenvalue weighted by atomic mass is 10.1. The number of aromatic nitrogens is 2. The number of anilines is 1. The van der Waals surface area contributed by atoms with Crippen molar-refractivity contribution >= 4 is 17.8 Å². The Morgan fingerprint density at radius 3 is 2.46 bits per heavy atom. The first-order valence-electron chi connectivity index (χ1n) is 9.14. The standard InChI is InChI=1S/C18H27N5O3/c1-18(2,3)26-17(25)23-8-4-5-14(23)16(24)22-11-9-21(10-12-22)15-13-19-6-7-20-15/h6-7,13-14H,4-5,8-12H2,1-3H3/t14-/m0/s1. The zero-order valence-electron chi connectivity index (χ0n) is 15.7. The van der Waals surface area contributed by atoms with Crippen LogP contribution in [0.4, 0.5) is 10.6 Å². The number of carbonyl (C=O) groups excluding carboxylic acids is 2. The normalized spacial score (nSPS) is 21.0. The fraction of sp³-hybridized carbons (Fsp3) is 0.667. The highest BCUT2D eigenvalue weighted by atomic mass is 16.6. The van der Waals surface area contributed by atoms with E-state index in [-0.39, 0.29) is 5.91 Å². The van der Waals surface area contributed by atoms with Gasteiger partial charge in [-0.25, -0.2) is 9.78 Å². The van der Waals surface area contributed by atoms with Crippen molar-refractivity contribution < 1.29 is 14.3 Å². The number of carbonyl (C=O) groups is 2. The molecule has 2 amide bonds. The van der Waals surface area contributed by atoms with Crippen LogP contribution < -0.4 is 4.90 Å². The van der Waals surface area contributed by atoms with E-state index in [1.54, 1.807) is 23.5 Å². The van der Waals surface area contributed by atoms with Gasteiger partial charge in [0.15, 0.2) is 0 Å². The van der Waals surface area contributed by atoms with E-state index < -0.39 is 17.7 Å². The zero-order chi connectivity index (χ0) is 18.7. The molecule has 0 N–H and O–H groups in total. The van der Waals surface area contributed by atoms with Crippen LogP contribution in [0.5, 0.6) is 0 Å². The lowest BCUT2D eigenvalue weighted by molar-refractivity contribution is -0.136. The van der Waals surface area contributed by atoms with Crippen LogP contribution in [0, 0.1) is 0 Å². The van der Waals surface area contributed by atoms with Crippen LogP contribution in [-0.4, -0.2) is 76.1 Å². The third-order valence-corrected chi connectivity index (χ3v) is 4.63. The van der Waals surface area contributed by atoms with E-state index in [4.69, 9.17) is 4.74 Å². The maximum absolute atomic E-state index is 13.0. The van der Waals surface area contributed by atoms with Crippen LogP contribution in [0.25, 0.3) is 0 Å². The molecule has 3 heterocycles. The van der Waals surface area contributed by atoms with Gasteiger partial charge in [0.05, 0.1) is 6.20 Å². The molecule has 8 nitrogen and oxygen atoms in total. The van der Waals surface area contributed by atoms with Crippen LogP contribution in [0.2, 0.25) is 0 Å². The topological polar surface area (TPSA) is 78.9 Å². The van der Waals surface area contributed by atoms with E-state index in [9.17, 15) is 9.59 Å².